The van der Waals surface area contributed by atoms with Gasteiger partial charge >= 0.3 is 5.97 Å². The Kier molecular flexibility index (Phi) is 8.12. The van der Waals surface area contributed by atoms with Gasteiger partial charge < -0.3 is 9.84 Å². The summed E-state index contributed by atoms with van der Waals surface area (Å²) in [6, 6.07) is 0. The summed E-state index contributed by atoms with van der Waals surface area (Å²) in [6.07, 6.45) is 8.20. The van der Waals surface area contributed by atoms with Crippen LogP contribution in [0.4, 0.5) is 4.39 Å². The van der Waals surface area contributed by atoms with Crippen LogP contribution in [0.15, 0.2) is 0 Å². The lowest BCUT2D eigenvalue weighted by Crippen LogP contribution is -2.44. The predicted octanol–water partition coefficient (Wildman–Crippen LogP) is 3.92. The smallest absolute Gasteiger partial charge is 0.338 e. The second-order valence-corrected chi connectivity index (χ2v) is 5.87. The predicted molar refractivity (Wildman–Crippen MR) is 77.3 cm³/mol. The summed E-state index contributed by atoms with van der Waals surface area (Å²) in [6.45, 7) is 1.84. The molecular weight excluding hydrogens is 259 g/mol. The fraction of sp³-hybridized carbons (Fsp3) is 0.938. The van der Waals surface area contributed by atoms with Gasteiger partial charge in [-0.3, -0.25) is 0 Å². The minimum Gasteiger partial charge on any atom is -0.464 e. The first-order valence-corrected chi connectivity index (χ1v) is 8.14. The van der Waals surface area contributed by atoms with Crippen LogP contribution in [-0.2, 0) is 9.53 Å². The lowest BCUT2D eigenvalue weighted by atomic mass is 9.86. The van der Waals surface area contributed by atoms with Gasteiger partial charge in [0.15, 0.2) is 6.10 Å². The Morgan fingerprint density at radius 1 is 1.05 bits per heavy atom. The first-order chi connectivity index (χ1) is 9.60. The number of aliphatic hydroxyl groups excluding tert-OH is 1. The molecule has 4 heteroatoms. The van der Waals surface area contributed by atoms with Crippen LogP contribution in [0, 0.1) is 0 Å². The second-order valence-electron chi connectivity index (χ2n) is 5.87. The van der Waals surface area contributed by atoms with Crippen LogP contribution in [0.1, 0.15) is 77.6 Å². The molecule has 1 aliphatic rings. The average Bonchev–Trinajstić information content (AvgIpc) is 2.42. The Balaban J connectivity index is 2.60. The van der Waals surface area contributed by atoms with Crippen LogP contribution < -0.4 is 0 Å². The maximum atomic E-state index is 15.0. The summed E-state index contributed by atoms with van der Waals surface area (Å²) >= 11 is 0. The van der Waals surface area contributed by atoms with Gasteiger partial charge in [0.25, 0.3) is 0 Å². The van der Waals surface area contributed by atoms with Gasteiger partial charge in [-0.1, -0.05) is 57.8 Å². The number of hydrogen-bond acceptors (Lipinski definition) is 3. The van der Waals surface area contributed by atoms with Gasteiger partial charge in [-0.15, -0.1) is 0 Å². The van der Waals surface area contributed by atoms with E-state index in [1.54, 1.807) is 6.92 Å². The van der Waals surface area contributed by atoms with Crippen molar-refractivity contribution in [1.29, 1.82) is 0 Å². The topological polar surface area (TPSA) is 46.5 Å². The average molecular weight is 288 g/mol. The zero-order valence-corrected chi connectivity index (χ0v) is 12.7. The van der Waals surface area contributed by atoms with Crippen LogP contribution in [0.2, 0.25) is 0 Å². The zero-order valence-electron chi connectivity index (χ0n) is 12.7. The van der Waals surface area contributed by atoms with Crippen LogP contribution >= 0.6 is 0 Å². The summed E-state index contributed by atoms with van der Waals surface area (Å²) in [4.78, 5) is 11.6. The molecule has 0 aromatic carbocycles. The van der Waals surface area contributed by atoms with Gasteiger partial charge in [-0.2, -0.15) is 0 Å². The molecule has 0 spiro atoms. The zero-order chi connectivity index (χ0) is 14.8. The molecule has 1 rings (SSSR count). The number of rotatable bonds is 3. The van der Waals surface area contributed by atoms with E-state index in [-0.39, 0.29) is 19.4 Å². The molecule has 1 unspecified atom stereocenters. The van der Waals surface area contributed by atoms with Crippen LogP contribution in [0.25, 0.3) is 0 Å². The van der Waals surface area contributed by atoms with Crippen molar-refractivity contribution in [3.63, 3.8) is 0 Å². The number of carbonyl (C=O) groups is 1. The molecular formula is C16H29FO3. The molecule has 0 bridgehead atoms. The third-order valence-corrected chi connectivity index (χ3v) is 4.18. The summed E-state index contributed by atoms with van der Waals surface area (Å²) in [5.74, 6) is -0.818. The Bertz CT molecular complexity index is 269. The lowest BCUT2D eigenvalue weighted by Gasteiger charge is -2.29. The van der Waals surface area contributed by atoms with Gasteiger partial charge in [0.05, 0.1) is 6.61 Å². The standard InChI is InChI=1S/C16H29FO3/c1-2-20-15(19)14(18)16(17)12-10-8-6-4-3-5-7-9-11-13-16/h14,18H,2-13H2,1H3. The molecule has 1 aliphatic carbocycles. The highest BCUT2D eigenvalue weighted by atomic mass is 19.1. The highest BCUT2D eigenvalue weighted by molar-refractivity contribution is 5.75. The molecule has 1 saturated carbocycles. The number of esters is 1. The van der Waals surface area contributed by atoms with Crippen molar-refractivity contribution in [3.05, 3.63) is 0 Å². The van der Waals surface area contributed by atoms with E-state index in [4.69, 9.17) is 4.74 Å². The number of carbonyl (C=O) groups excluding carboxylic acids is 1. The van der Waals surface area contributed by atoms with Gasteiger partial charge in [-0.25, -0.2) is 9.18 Å². The molecule has 1 atom stereocenters. The van der Waals surface area contributed by atoms with E-state index in [0.717, 1.165) is 38.5 Å². The van der Waals surface area contributed by atoms with E-state index in [1.165, 1.54) is 19.3 Å². The number of halogens is 1. The first-order valence-electron chi connectivity index (χ1n) is 8.14. The van der Waals surface area contributed by atoms with Crippen molar-refractivity contribution in [2.45, 2.75) is 89.3 Å². The number of alkyl halides is 1. The molecule has 118 valence electrons. The maximum absolute atomic E-state index is 15.0. The summed E-state index contributed by atoms with van der Waals surface area (Å²) in [5, 5.41) is 9.99. The first kappa shape index (κ1) is 17.4. The minimum absolute atomic E-state index is 0.173. The molecule has 0 saturated heterocycles. The van der Waals surface area contributed by atoms with Gasteiger partial charge in [0.1, 0.15) is 5.67 Å². The Morgan fingerprint density at radius 3 is 1.85 bits per heavy atom. The normalized spacial score (nSPS) is 23.1. The van der Waals surface area contributed by atoms with Crippen molar-refractivity contribution < 1.29 is 19.0 Å². The van der Waals surface area contributed by atoms with E-state index >= 15 is 0 Å². The Morgan fingerprint density at radius 2 is 1.45 bits per heavy atom. The molecule has 3 nitrogen and oxygen atoms in total. The number of hydrogen-bond donors (Lipinski definition) is 1. The molecule has 0 heterocycles. The van der Waals surface area contributed by atoms with Crippen LogP contribution in [0.3, 0.4) is 0 Å². The molecule has 0 aromatic rings. The molecule has 20 heavy (non-hydrogen) atoms. The quantitative estimate of drug-likeness (QED) is 0.801. The molecule has 0 aliphatic heterocycles. The molecule has 1 N–H and O–H groups in total. The highest BCUT2D eigenvalue weighted by Crippen LogP contribution is 2.32. The third kappa shape index (κ3) is 5.78. The second kappa shape index (κ2) is 9.32. The fourth-order valence-corrected chi connectivity index (χ4v) is 2.91. The largest absolute Gasteiger partial charge is 0.464 e. The molecule has 1 fully saturated rings. The van der Waals surface area contributed by atoms with Gasteiger partial charge in [0, 0.05) is 0 Å². The van der Waals surface area contributed by atoms with Crippen molar-refractivity contribution >= 4 is 5.97 Å². The van der Waals surface area contributed by atoms with E-state index in [9.17, 15) is 14.3 Å². The Hall–Kier alpha value is -0.640. The maximum Gasteiger partial charge on any atom is 0.338 e. The van der Waals surface area contributed by atoms with Crippen molar-refractivity contribution in [2.24, 2.45) is 0 Å². The molecule has 0 aromatic heterocycles. The van der Waals surface area contributed by atoms with E-state index in [0.29, 0.717) is 0 Å². The van der Waals surface area contributed by atoms with E-state index in [1.807, 2.05) is 0 Å². The van der Waals surface area contributed by atoms with Crippen molar-refractivity contribution in [2.75, 3.05) is 6.61 Å². The van der Waals surface area contributed by atoms with Crippen molar-refractivity contribution in [3.8, 4) is 0 Å². The Labute approximate surface area is 121 Å². The summed E-state index contributed by atoms with van der Waals surface area (Å²) < 4.78 is 19.7. The number of aliphatic hydroxyl groups is 1. The fourth-order valence-electron chi connectivity index (χ4n) is 2.91. The minimum atomic E-state index is -1.81. The summed E-state index contributed by atoms with van der Waals surface area (Å²) in [5.41, 5.74) is -1.81. The van der Waals surface area contributed by atoms with E-state index < -0.39 is 17.7 Å². The molecule has 0 amide bonds. The number of ether oxygens (including phenoxy) is 1. The molecule has 0 radical (unpaired) electrons. The van der Waals surface area contributed by atoms with Gasteiger partial charge in [0.2, 0.25) is 0 Å². The van der Waals surface area contributed by atoms with Crippen LogP contribution in [-0.4, -0.2) is 29.5 Å². The highest BCUT2D eigenvalue weighted by Gasteiger charge is 2.42. The van der Waals surface area contributed by atoms with Gasteiger partial charge in [-0.05, 0) is 19.8 Å². The third-order valence-electron chi connectivity index (χ3n) is 4.18. The monoisotopic (exact) mass is 288 g/mol. The van der Waals surface area contributed by atoms with Crippen molar-refractivity contribution in [1.82, 2.24) is 0 Å². The summed E-state index contributed by atoms with van der Waals surface area (Å²) in [7, 11) is 0. The van der Waals surface area contributed by atoms with Crippen LogP contribution in [0.5, 0.6) is 0 Å². The lowest BCUT2D eigenvalue weighted by molar-refractivity contribution is -0.163. The SMILES string of the molecule is CCOC(=O)C(O)C1(F)CCCCCCCCCCC1. The van der Waals surface area contributed by atoms with E-state index in [2.05, 4.69) is 0 Å².